The van der Waals surface area contributed by atoms with E-state index in [1.54, 1.807) is 13.0 Å². The average Bonchev–Trinajstić information content (AvgIpc) is 2.70. The Kier molecular flexibility index (Phi) is 3.03. The Bertz CT molecular complexity index is 353. The van der Waals surface area contributed by atoms with Gasteiger partial charge in [-0.1, -0.05) is 12.1 Å². The SMILES string of the molecule is Cc1cc(C2OCCC2CN)ccc1F. The van der Waals surface area contributed by atoms with Crippen LogP contribution in [0.3, 0.4) is 0 Å². The molecule has 15 heavy (non-hydrogen) atoms. The summed E-state index contributed by atoms with van der Waals surface area (Å²) in [7, 11) is 0. The van der Waals surface area contributed by atoms with Crippen molar-refractivity contribution in [3.8, 4) is 0 Å². The molecule has 2 unspecified atom stereocenters. The molecule has 0 amide bonds. The van der Waals surface area contributed by atoms with Crippen molar-refractivity contribution in [1.82, 2.24) is 0 Å². The third kappa shape index (κ3) is 2.03. The number of benzene rings is 1. The predicted molar refractivity (Wildman–Crippen MR) is 57.0 cm³/mol. The van der Waals surface area contributed by atoms with Crippen molar-refractivity contribution in [1.29, 1.82) is 0 Å². The molecule has 1 aliphatic rings. The van der Waals surface area contributed by atoms with Gasteiger partial charge in [0.05, 0.1) is 6.10 Å². The first kappa shape index (κ1) is 10.6. The van der Waals surface area contributed by atoms with E-state index >= 15 is 0 Å². The van der Waals surface area contributed by atoms with Crippen LogP contribution in [0.4, 0.5) is 4.39 Å². The molecule has 82 valence electrons. The second kappa shape index (κ2) is 4.29. The summed E-state index contributed by atoms with van der Waals surface area (Å²) in [6, 6.07) is 5.15. The van der Waals surface area contributed by atoms with E-state index < -0.39 is 0 Å². The minimum absolute atomic E-state index is 0.0503. The lowest BCUT2D eigenvalue weighted by Gasteiger charge is -2.17. The fraction of sp³-hybridized carbons (Fsp3) is 0.500. The highest BCUT2D eigenvalue weighted by molar-refractivity contribution is 5.26. The zero-order valence-corrected chi connectivity index (χ0v) is 8.87. The van der Waals surface area contributed by atoms with Gasteiger partial charge >= 0.3 is 0 Å². The van der Waals surface area contributed by atoms with E-state index in [9.17, 15) is 4.39 Å². The maximum Gasteiger partial charge on any atom is 0.126 e. The number of aryl methyl sites for hydroxylation is 1. The molecule has 1 aromatic rings. The van der Waals surface area contributed by atoms with Gasteiger partial charge in [0.15, 0.2) is 0 Å². The molecule has 3 heteroatoms. The quantitative estimate of drug-likeness (QED) is 0.810. The van der Waals surface area contributed by atoms with E-state index in [2.05, 4.69) is 0 Å². The molecule has 0 bridgehead atoms. The minimum atomic E-state index is -0.166. The molecule has 1 aliphatic heterocycles. The summed E-state index contributed by atoms with van der Waals surface area (Å²) in [6.07, 6.45) is 1.05. The first-order valence-electron chi connectivity index (χ1n) is 5.30. The van der Waals surface area contributed by atoms with E-state index in [0.29, 0.717) is 18.0 Å². The van der Waals surface area contributed by atoms with Gasteiger partial charge in [-0.25, -0.2) is 4.39 Å². The van der Waals surface area contributed by atoms with Crippen LogP contribution in [0.2, 0.25) is 0 Å². The normalized spacial score (nSPS) is 25.8. The molecule has 1 fully saturated rings. The molecule has 1 saturated heterocycles. The monoisotopic (exact) mass is 209 g/mol. The second-order valence-corrected chi connectivity index (χ2v) is 4.08. The summed E-state index contributed by atoms with van der Waals surface area (Å²) in [4.78, 5) is 0. The van der Waals surface area contributed by atoms with Gasteiger partial charge in [-0.15, -0.1) is 0 Å². The van der Waals surface area contributed by atoms with Gasteiger partial charge in [0.2, 0.25) is 0 Å². The molecule has 1 aromatic carbocycles. The molecule has 0 spiro atoms. The number of hydrogen-bond acceptors (Lipinski definition) is 2. The standard InChI is InChI=1S/C12H16FNO/c1-8-6-9(2-3-11(8)13)12-10(7-14)4-5-15-12/h2-3,6,10,12H,4-5,7,14H2,1H3. The topological polar surface area (TPSA) is 35.2 Å². The number of halogens is 1. The second-order valence-electron chi connectivity index (χ2n) is 4.08. The highest BCUT2D eigenvalue weighted by Crippen LogP contribution is 2.34. The van der Waals surface area contributed by atoms with E-state index in [1.165, 1.54) is 6.07 Å². The lowest BCUT2D eigenvalue weighted by Crippen LogP contribution is -2.17. The fourth-order valence-corrected chi connectivity index (χ4v) is 2.09. The molecule has 0 aliphatic carbocycles. The van der Waals surface area contributed by atoms with E-state index in [-0.39, 0.29) is 11.9 Å². The Morgan fingerprint density at radius 2 is 2.33 bits per heavy atom. The van der Waals surface area contributed by atoms with Crippen LogP contribution in [0.1, 0.15) is 23.7 Å². The van der Waals surface area contributed by atoms with Gasteiger partial charge in [-0.3, -0.25) is 0 Å². The Labute approximate surface area is 89.2 Å². The summed E-state index contributed by atoms with van der Waals surface area (Å²) in [6.45, 7) is 3.15. The molecule has 0 aromatic heterocycles. The largest absolute Gasteiger partial charge is 0.373 e. The van der Waals surface area contributed by atoms with Gasteiger partial charge in [0.1, 0.15) is 5.82 Å². The van der Waals surface area contributed by atoms with E-state index in [0.717, 1.165) is 18.6 Å². The van der Waals surface area contributed by atoms with E-state index in [1.807, 2.05) is 6.07 Å². The van der Waals surface area contributed by atoms with Crippen LogP contribution in [0.5, 0.6) is 0 Å². The summed E-state index contributed by atoms with van der Waals surface area (Å²) in [5.74, 6) is 0.205. The summed E-state index contributed by atoms with van der Waals surface area (Å²) < 4.78 is 18.7. The highest BCUT2D eigenvalue weighted by Gasteiger charge is 2.28. The van der Waals surface area contributed by atoms with Crippen LogP contribution in [0, 0.1) is 18.7 Å². The average molecular weight is 209 g/mol. The maximum atomic E-state index is 13.1. The fourth-order valence-electron chi connectivity index (χ4n) is 2.09. The van der Waals surface area contributed by atoms with Crippen LogP contribution in [0.15, 0.2) is 18.2 Å². The molecular weight excluding hydrogens is 193 g/mol. The van der Waals surface area contributed by atoms with Crippen molar-refractivity contribution in [2.45, 2.75) is 19.4 Å². The zero-order valence-electron chi connectivity index (χ0n) is 8.87. The van der Waals surface area contributed by atoms with E-state index in [4.69, 9.17) is 10.5 Å². The minimum Gasteiger partial charge on any atom is -0.373 e. The predicted octanol–water partition coefficient (Wildman–Crippen LogP) is 2.17. The molecular formula is C12H16FNO. The molecule has 2 atom stereocenters. The lowest BCUT2D eigenvalue weighted by molar-refractivity contribution is 0.0924. The molecule has 0 saturated carbocycles. The van der Waals surface area contributed by atoms with Gasteiger partial charge < -0.3 is 10.5 Å². The van der Waals surface area contributed by atoms with Crippen molar-refractivity contribution in [3.05, 3.63) is 35.1 Å². The third-order valence-electron chi connectivity index (χ3n) is 3.03. The molecule has 2 rings (SSSR count). The van der Waals surface area contributed by atoms with Gasteiger partial charge in [-0.2, -0.15) is 0 Å². The Balaban J connectivity index is 2.25. The maximum absolute atomic E-state index is 13.1. The lowest BCUT2D eigenvalue weighted by atomic mass is 9.94. The number of ether oxygens (including phenoxy) is 1. The first-order valence-corrected chi connectivity index (χ1v) is 5.30. The smallest absolute Gasteiger partial charge is 0.126 e. The Hall–Kier alpha value is -0.930. The van der Waals surface area contributed by atoms with Crippen molar-refractivity contribution in [2.75, 3.05) is 13.2 Å². The van der Waals surface area contributed by atoms with Crippen molar-refractivity contribution >= 4 is 0 Å². The molecule has 2 nitrogen and oxygen atoms in total. The summed E-state index contributed by atoms with van der Waals surface area (Å²) in [5.41, 5.74) is 7.38. The Morgan fingerprint density at radius 1 is 1.53 bits per heavy atom. The van der Waals surface area contributed by atoms with Gasteiger partial charge in [0.25, 0.3) is 0 Å². The summed E-state index contributed by atoms with van der Waals surface area (Å²) >= 11 is 0. The molecule has 1 heterocycles. The number of nitrogens with two attached hydrogens (primary N) is 1. The summed E-state index contributed by atoms with van der Waals surface area (Å²) in [5, 5.41) is 0. The molecule has 0 radical (unpaired) electrons. The van der Waals surface area contributed by atoms with Crippen molar-refractivity contribution < 1.29 is 9.13 Å². The van der Waals surface area contributed by atoms with Crippen LogP contribution in [0.25, 0.3) is 0 Å². The number of hydrogen-bond donors (Lipinski definition) is 1. The third-order valence-corrected chi connectivity index (χ3v) is 3.03. The van der Waals surface area contributed by atoms with Crippen LogP contribution in [-0.4, -0.2) is 13.2 Å². The highest BCUT2D eigenvalue weighted by atomic mass is 19.1. The zero-order chi connectivity index (χ0) is 10.8. The van der Waals surface area contributed by atoms with Crippen LogP contribution >= 0.6 is 0 Å². The Morgan fingerprint density at radius 3 is 3.00 bits per heavy atom. The van der Waals surface area contributed by atoms with Crippen LogP contribution < -0.4 is 5.73 Å². The number of rotatable bonds is 2. The van der Waals surface area contributed by atoms with Crippen molar-refractivity contribution in [3.63, 3.8) is 0 Å². The van der Waals surface area contributed by atoms with Gasteiger partial charge in [-0.05, 0) is 37.1 Å². The molecule has 2 N–H and O–H groups in total. The van der Waals surface area contributed by atoms with Gasteiger partial charge in [0, 0.05) is 12.5 Å². The van der Waals surface area contributed by atoms with Crippen molar-refractivity contribution in [2.24, 2.45) is 11.7 Å². The van der Waals surface area contributed by atoms with Crippen LogP contribution in [-0.2, 0) is 4.74 Å². The first-order chi connectivity index (χ1) is 7.22.